The third-order valence-corrected chi connectivity index (χ3v) is 1.47. The van der Waals surface area contributed by atoms with Crippen LogP contribution in [0.3, 0.4) is 0 Å². The molecule has 0 radical (unpaired) electrons. The lowest BCUT2D eigenvalue weighted by molar-refractivity contribution is -0.0663. The minimum absolute atomic E-state index is 0.0437. The number of ether oxygens (including phenoxy) is 2. The molecular weight excluding hydrogens is 170 g/mol. The van der Waals surface area contributed by atoms with Gasteiger partial charge in [-0.15, -0.1) is 0 Å². The summed E-state index contributed by atoms with van der Waals surface area (Å²) in [5, 5.41) is 8.84. The summed E-state index contributed by atoms with van der Waals surface area (Å²) in [6, 6.07) is 2.29. The molecule has 1 aliphatic rings. The summed E-state index contributed by atoms with van der Waals surface area (Å²) < 4.78 is 33.9. The Balaban J connectivity index is 2.54. The average molecular weight is 174 g/mol. The molecule has 12 heavy (non-hydrogen) atoms. The molecule has 0 bridgehead atoms. The Morgan fingerprint density at radius 1 is 1.33 bits per heavy atom. The Bertz CT molecular complexity index is 327. The number of benzene rings is 1. The quantitative estimate of drug-likeness (QED) is 0.648. The van der Waals surface area contributed by atoms with Gasteiger partial charge in [0.25, 0.3) is 0 Å². The molecule has 0 saturated heterocycles. The standard InChI is InChI=1S/C7H4F2O3/c8-5-3(10)1-2-4-6(5)12-7(9)11-4/h1-2,7,10H. The zero-order valence-electron chi connectivity index (χ0n) is 5.75. The Morgan fingerprint density at radius 2 is 2.08 bits per heavy atom. The Kier molecular flexibility index (Phi) is 1.33. The smallest absolute Gasteiger partial charge is 0.397 e. The van der Waals surface area contributed by atoms with E-state index in [2.05, 4.69) is 9.47 Å². The van der Waals surface area contributed by atoms with Crippen LogP contribution in [0.2, 0.25) is 0 Å². The summed E-state index contributed by atoms with van der Waals surface area (Å²) in [6.07, 6.45) is 0. The Labute approximate surface area is 66.1 Å². The van der Waals surface area contributed by atoms with E-state index in [1.165, 1.54) is 6.07 Å². The lowest BCUT2D eigenvalue weighted by Gasteiger charge is -1.97. The minimum atomic E-state index is -1.99. The number of hydrogen-bond acceptors (Lipinski definition) is 3. The molecule has 0 amide bonds. The van der Waals surface area contributed by atoms with Gasteiger partial charge in [-0.05, 0) is 12.1 Å². The number of fused-ring (bicyclic) bond motifs is 1. The number of rotatable bonds is 0. The van der Waals surface area contributed by atoms with Crippen molar-refractivity contribution in [3.63, 3.8) is 0 Å². The molecular formula is C7H4F2O3. The van der Waals surface area contributed by atoms with E-state index < -0.39 is 18.1 Å². The van der Waals surface area contributed by atoms with Crippen molar-refractivity contribution in [3.8, 4) is 17.2 Å². The predicted octanol–water partition coefficient (Wildman–Crippen LogP) is 1.56. The summed E-state index contributed by atoms with van der Waals surface area (Å²) in [4.78, 5) is 0. The van der Waals surface area contributed by atoms with Crippen LogP contribution in [-0.2, 0) is 0 Å². The first-order chi connectivity index (χ1) is 5.68. The maximum absolute atomic E-state index is 12.9. The molecule has 1 aromatic rings. The second-order valence-electron chi connectivity index (χ2n) is 2.24. The summed E-state index contributed by atoms with van der Waals surface area (Å²) in [5.41, 5.74) is 0. The van der Waals surface area contributed by atoms with Crippen molar-refractivity contribution >= 4 is 0 Å². The van der Waals surface area contributed by atoms with Crippen molar-refractivity contribution in [3.05, 3.63) is 17.9 Å². The van der Waals surface area contributed by atoms with E-state index in [-0.39, 0.29) is 11.5 Å². The van der Waals surface area contributed by atoms with Crippen LogP contribution in [0.25, 0.3) is 0 Å². The van der Waals surface area contributed by atoms with E-state index >= 15 is 0 Å². The molecule has 0 saturated carbocycles. The maximum atomic E-state index is 12.9. The molecule has 1 N–H and O–H groups in total. The molecule has 1 unspecified atom stereocenters. The molecule has 2 rings (SSSR count). The predicted molar refractivity (Wildman–Crippen MR) is 34.2 cm³/mol. The van der Waals surface area contributed by atoms with Crippen molar-refractivity contribution in [2.24, 2.45) is 0 Å². The minimum Gasteiger partial charge on any atom is -0.505 e. The van der Waals surface area contributed by atoms with Gasteiger partial charge in [0.15, 0.2) is 11.5 Å². The highest BCUT2D eigenvalue weighted by atomic mass is 19.2. The van der Waals surface area contributed by atoms with Crippen molar-refractivity contribution in [2.45, 2.75) is 6.54 Å². The van der Waals surface area contributed by atoms with E-state index in [0.717, 1.165) is 6.07 Å². The normalized spacial score (nSPS) is 19.7. The van der Waals surface area contributed by atoms with E-state index in [1.807, 2.05) is 0 Å². The molecule has 0 aliphatic carbocycles. The van der Waals surface area contributed by atoms with Gasteiger partial charge in [-0.3, -0.25) is 0 Å². The van der Waals surface area contributed by atoms with Gasteiger partial charge in [-0.25, -0.2) is 0 Å². The van der Waals surface area contributed by atoms with Crippen LogP contribution in [-0.4, -0.2) is 11.7 Å². The van der Waals surface area contributed by atoms with Gasteiger partial charge in [-0.2, -0.15) is 8.78 Å². The molecule has 1 heterocycles. The number of hydrogen-bond donors (Lipinski definition) is 1. The third kappa shape index (κ3) is 0.861. The average Bonchev–Trinajstić information content (AvgIpc) is 2.39. The number of halogens is 2. The molecule has 1 aliphatic heterocycles. The fraction of sp³-hybridized carbons (Fsp3) is 0.143. The van der Waals surface area contributed by atoms with Crippen LogP contribution in [0.5, 0.6) is 17.2 Å². The largest absolute Gasteiger partial charge is 0.505 e. The highest BCUT2D eigenvalue weighted by Gasteiger charge is 2.28. The zero-order chi connectivity index (χ0) is 8.72. The molecule has 64 valence electrons. The SMILES string of the molecule is Oc1ccc2c(c1F)OC(F)O2. The van der Waals surface area contributed by atoms with Crippen molar-refractivity contribution < 1.29 is 23.4 Å². The van der Waals surface area contributed by atoms with Crippen LogP contribution in [0, 0.1) is 5.82 Å². The molecule has 0 aromatic heterocycles. The number of alkyl halides is 1. The second kappa shape index (κ2) is 2.23. The first kappa shape index (κ1) is 7.15. The lowest BCUT2D eigenvalue weighted by atomic mass is 10.3. The summed E-state index contributed by atoms with van der Waals surface area (Å²) in [6.45, 7) is -1.99. The van der Waals surface area contributed by atoms with Crippen LogP contribution in [0.15, 0.2) is 12.1 Å². The van der Waals surface area contributed by atoms with Gasteiger partial charge >= 0.3 is 6.54 Å². The third-order valence-electron chi connectivity index (χ3n) is 1.47. The molecule has 1 atom stereocenters. The maximum Gasteiger partial charge on any atom is 0.397 e. The number of phenolic OH excluding ortho intramolecular Hbond substituents is 1. The molecule has 5 heteroatoms. The molecule has 1 aromatic carbocycles. The van der Waals surface area contributed by atoms with Crippen LogP contribution >= 0.6 is 0 Å². The van der Waals surface area contributed by atoms with Crippen molar-refractivity contribution in [1.29, 1.82) is 0 Å². The van der Waals surface area contributed by atoms with Crippen LogP contribution in [0.4, 0.5) is 8.78 Å². The molecule has 3 nitrogen and oxygen atoms in total. The van der Waals surface area contributed by atoms with Crippen molar-refractivity contribution in [1.82, 2.24) is 0 Å². The fourth-order valence-corrected chi connectivity index (χ4v) is 0.947. The zero-order valence-corrected chi connectivity index (χ0v) is 5.75. The Morgan fingerprint density at radius 3 is 2.83 bits per heavy atom. The van der Waals surface area contributed by atoms with Gasteiger partial charge < -0.3 is 14.6 Å². The first-order valence-corrected chi connectivity index (χ1v) is 3.17. The van der Waals surface area contributed by atoms with E-state index in [9.17, 15) is 8.78 Å². The number of phenols is 1. The summed E-state index contributed by atoms with van der Waals surface area (Å²) >= 11 is 0. The van der Waals surface area contributed by atoms with Gasteiger partial charge in [0.05, 0.1) is 0 Å². The number of aromatic hydroxyl groups is 1. The van der Waals surface area contributed by atoms with Crippen molar-refractivity contribution in [2.75, 3.05) is 0 Å². The van der Waals surface area contributed by atoms with Gasteiger partial charge in [0.2, 0.25) is 11.6 Å². The highest BCUT2D eigenvalue weighted by Crippen LogP contribution is 2.40. The Hall–Kier alpha value is -1.52. The first-order valence-electron chi connectivity index (χ1n) is 3.17. The van der Waals surface area contributed by atoms with Crippen LogP contribution in [0.1, 0.15) is 0 Å². The van der Waals surface area contributed by atoms with Gasteiger partial charge in [0.1, 0.15) is 0 Å². The highest BCUT2D eigenvalue weighted by molar-refractivity contribution is 5.48. The fourth-order valence-electron chi connectivity index (χ4n) is 0.947. The monoisotopic (exact) mass is 174 g/mol. The second-order valence-corrected chi connectivity index (χ2v) is 2.24. The van der Waals surface area contributed by atoms with Crippen LogP contribution < -0.4 is 9.47 Å². The van der Waals surface area contributed by atoms with Gasteiger partial charge in [0, 0.05) is 0 Å². The van der Waals surface area contributed by atoms with E-state index in [1.54, 1.807) is 0 Å². The lowest BCUT2D eigenvalue weighted by Crippen LogP contribution is -2.09. The molecule has 0 spiro atoms. The van der Waals surface area contributed by atoms with Gasteiger partial charge in [-0.1, -0.05) is 0 Å². The van der Waals surface area contributed by atoms with E-state index in [0.29, 0.717) is 0 Å². The summed E-state index contributed by atoms with van der Waals surface area (Å²) in [7, 11) is 0. The summed E-state index contributed by atoms with van der Waals surface area (Å²) in [5.74, 6) is -2.03. The van der Waals surface area contributed by atoms with E-state index in [4.69, 9.17) is 5.11 Å². The topological polar surface area (TPSA) is 38.7 Å². The molecule has 0 fully saturated rings.